The van der Waals surface area contributed by atoms with Gasteiger partial charge in [-0.3, -0.25) is 9.20 Å². The summed E-state index contributed by atoms with van der Waals surface area (Å²) in [5.74, 6) is -1.63. The maximum Gasteiger partial charge on any atom is 0.337 e. The fourth-order valence-electron chi connectivity index (χ4n) is 2.22. The highest BCUT2D eigenvalue weighted by Gasteiger charge is 2.21. The number of carbonyl (C=O) groups excluding carboxylic acids is 1. The van der Waals surface area contributed by atoms with Crippen LogP contribution in [0.15, 0.2) is 41.4 Å². The molecule has 1 aromatic carbocycles. The largest absolute Gasteiger partial charge is 0.478 e. The predicted octanol–water partition coefficient (Wildman–Crippen LogP) is 3.12. The molecular formula is C15H10BrClN4O3. The van der Waals surface area contributed by atoms with Crippen LogP contribution in [0, 0.1) is 0 Å². The molecule has 9 heteroatoms. The summed E-state index contributed by atoms with van der Waals surface area (Å²) >= 11 is 9.16. The molecule has 7 nitrogen and oxygen atoms in total. The van der Waals surface area contributed by atoms with Crippen molar-refractivity contribution < 1.29 is 14.7 Å². The number of amides is 1. The molecule has 0 fully saturated rings. The van der Waals surface area contributed by atoms with E-state index >= 15 is 0 Å². The minimum Gasteiger partial charge on any atom is -0.478 e. The van der Waals surface area contributed by atoms with Gasteiger partial charge in [-0.05, 0) is 34.1 Å². The number of hydrogen-bond donors (Lipinski definition) is 1. The van der Waals surface area contributed by atoms with Gasteiger partial charge in [0.2, 0.25) is 0 Å². The van der Waals surface area contributed by atoms with E-state index in [9.17, 15) is 14.7 Å². The number of carboxylic acid groups (broad SMARTS) is 1. The summed E-state index contributed by atoms with van der Waals surface area (Å²) in [7, 11) is 1.48. The third-order valence-electron chi connectivity index (χ3n) is 3.42. The maximum atomic E-state index is 12.7. The highest BCUT2D eigenvalue weighted by Crippen LogP contribution is 2.25. The molecule has 3 rings (SSSR count). The van der Waals surface area contributed by atoms with Crippen LogP contribution in [0.1, 0.15) is 20.8 Å². The van der Waals surface area contributed by atoms with Crippen LogP contribution < -0.4 is 4.90 Å². The first-order valence-corrected chi connectivity index (χ1v) is 7.85. The van der Waals surface area contributed by atoms with Crippen molar-refractivity contribution in [3.05, 3.63) is 57.7 Å². The molecular weight excluding hydrogens is 400 g/mol. The van der Waals surface area contributed by atoms with Crippen molar-refractivity contribution in [1.29, 1.82) is 0 Å². The van der Waals surface area contributed by atoms with E-state index in [1.165, 1.54) is 42.5 Å². The number of benzene rings is 1. The van der Waals surface area contributed by atoms with E-state index in [1.807, 2.05) is 0 Å². The van der Waals surface area contributed by atoms with Crippen molar-refractivity contribution in [1.82, 2.24) is 14.4 Å². The molecule has 0 saturated carbocycles. The Hall–Kier alpha value is -2.45. The molecule has 0 radical (unpaired) electrons. The van der Waals surface area contributed by atoms with Gasteiger partial charge in [0.15, 0.2) is 5.65 Å². The quantitative estimate of drug-likeness (QED) is 0.718. The standard InChI is InChI=1S/C15H10BrClN4O3/c1-20(11-3-2-8(17)4-9(11)15(23)24)14(22)10-7-21-12(16)5-19-13(21)6-18-10/h2-7H,1H3,(H,23,24). The summed E-state index contributed by atoms with van der Waals surface area (Å²) in [5.41, 5.74) is 0.889. The predicted molar refractivity (Wildman–Crippen MR) is 91.8 cm³/mol. The molecule has 1 amide bonds. The Morgan fingerprint density at radius 3 is 2.75 bits per heavy atom. The smallest absolute Gasteiger partial charge is 0.337 e. The van der Waals surface area contributed by atoms with Crippen LogP contribution >= 0.6 is 27.5 Å². The zero-order chi connectivity index (χ0) is 17.4. The minimum atomic E-state index is -1.17. The van der Waals surface area contributed by atoms with Gasteiger partial charge in [0.1, 0.15) is 10.3 Å². The molecule has 24 heavy (non-hydrogen) atoms. The van der Waals surface area contributed by atoms with E-state index in [-0.39, 0.29) is 22.0 Å². The Kier molecular flexibility index (Phi) is 4.25. The summed E-state index contributed by atoms with van der Waals surface area (Å²) < 4.78 is 2.34. The summed E-state index contributed by atoms with van der Waals surface area (Å²) in [6.45, 7) is 0. The number of aromatic nitrogens is 3. The fourth-order valence-corrected chi connectivity index (χ4v) is 2.78. The first-order chi connectivity index (χ1) is 11.4. The first-order valence-electron chi connectivity index (χ1n) is 6.68. The molecule has 0 aliphatic rings. The van der Waals surface area contributed by atoms with E-state index < -0.39 is 11.9 Å². The van der Waals surface area contributed by atoms with Gasteiger partial charge < -0.3 is 10.0 Å². The number of halogens is 2. The third-order valence-corrected chi connectivity index (χ3v) is 4.25. The molecule has 122 valence electrons. The highest BCUT2D eigenvalue weighted by atomic mass is 79.9. The van der Waals surface area contributed by atoms with Crippen molar-refractivity contribution in [2.24, 2.45) is 0 Å². The van der Waals surface area contributed by atoms with Crippen molar-refractivity contribution in [2.75, 3.05) is 11.9 Å². The summed E-state index contributed by atoms with van der Waals surface area (Å²) in [6.07, 6.45) is 4.59. The van der Waals surface area contributed by atoms with Gasteiger partial charge in [0, 0.05) is 18.3 Å². The Morgan fingerprint density at radius 2 is 2.04 bits per heavy atom. The van der Waals surface area contributed by atoms with Crippen LogP contribution in [-0.2, 0) is 0 Å². The molecule has 0 aliphatic carbocycles. The second kappa shape index (κ2) is 6.21. The van der Waals surface area contributed by atoms with Crippen LogP contribution in [0.25, 0.3) is 5.65 Å². The lowest BCUT2D eigenvalue weighted by Gasteiger charge is -2.19. The number of nitrogens with zero attached hydrogens (tertiary/aromatic N) is 4. The summed E-state index contributed by atoms with van der Waals surface area (Å²) in [4.78, 5) is 33.5. The molecule has 0 saturated heterocycles. The zero-order valence-corrected chi connectivity index (χ0v) is 14.6. The lowest BCUT2D eigenvalue weighted by atomic mass is 10.1. The number of carboxylic acids is 1. The number of fused-ring (bicyclic) bond motifs is 1. The molecule has 2 heterocycles. The number of carbonyl (C=O) groups is 2. The van der Waals surface area contributed by atoms with E-state index in [0.717, 1.165) is 0 Å². The molecule has 0 atom stereocenters. The van der Waals surface area contributed by atoms with Gasteiger partial charge in [0.25, 0.3) is 5.91 Å². The van der Waals surface area contributed by atoms with Gasteiger partial charge in [-0.1, -0.05) is 11.6 Å². The highest BCUT2D eigenvalue weighted by molar-refractivity contribution is 9.10. The van der Waals surface area contributed by atoms with Crippen molar-refractivity contribution in [3.63, 3.8) is 0 Å². The zero-order valence-electron chi connectivity index (χ0n) is 12.3. The lowest BCUT2D eigenvalue weighted by Crippen LogP contribution is -2.29. The van der Waals surface area contributed by atoms with Crippen LogP contribution in [0.3, 0.4) is 0 Å². The second-order valence-corrected chi connectivity index (χ2v) is 6.16. The van der Waals surface area contributed by atoms with E-state index in [0.29, 0.717) is 10.3 Å². The van der Waals surface area contributed by atoms with Gasteiger partial charge in [-0.2, -0.15) is 0 Å². The van der Waals surface area contributed by atoms with Gasteiger partial charge in [-0.25, -0.2) is 14.8 Å². The van der Waals surface area contributed by atoms with Crippen LogP contribution in [0.4, 0.5) is 5.69 Å². The van der Waals surface area contributed by atoms with Crippen molar-refractivity contribution >= 4 is 50.7 Å². The third kappa shape index (κ3) is 2.85. The second-order valence-electron chi connectivity index (χ2n) is 4.91. The molecule has 0 aliphatic heterocycles. The fraction of sp³-hybridized carbons (Fsp3) is 0.0667. The number of imidazole rings is 1. The molecule has 2 aromatic heterocycles. The SMILES string of the molecule is CN(C(=O)c1cn2c(Br)cnc2cn1)c1ccc(Cl)cc1C(=O)O. The van der Waals surface area contributed by atoms with E-state index in [1.54, 1.807) is 10.6 Å². The average molecular weight is 410 g/mol. The summed E-state index contributed by atoms with van der Waals surface area (Å²) in [6, 6.07) is 4.30. The minimum absolute atomic E-state index is 0.0664. The molecule has 0 bridgehead atoms. The molecule has 1 N–H and O–H groups in total. The Bertz CT molecular complexity index is 973. The maximum absolute atomic E-state index is 12.7. The summed E-state index contributed by atoms with van der Waals surface area (Å²) in [5, 5.41) is 9.59. The Labute approximate surface area is 149 Å². The number of hydrogen-bond acceptors (Lipinski definition) is 4. The van der Waals surface area contributed by atoms with Gasteiger partial charge in [-0.15, -0.1) is 0 Å². The van der Waals surface area contributed by atoms with Crippen molar-refractivity contribution in [2.45, 2.75) is 0 Å². The van der Waals surface area contributed by atoms with Gasteiger partial charge in [0.05, 0.1) is 23.6 Å². The topological polar surface area (TPSA) is 87.8 Å². The van der Waals surface area contributed by atoms with E-state index in [4.69, 9.17) is 11.6 Å². The number of aromatic carboxylic acids is 1. The molecule has 0 spiro atoms. The number of anilines is 1. The lowest BCUT2D eigenvalue weighted by molar-refractivity contribution is 0.0697. The normalized spacial score (nSPS) is 10.8. The van der Waals surface area contributed by atoms with E-state index in [2.05, 4.69) is 25.9 Å². The van der Waals surface area contributed by atoms with Gasteiger partial charge >= 0.3 is 5.97 Å². The van der Waals surface area contributed by atoms with Crippen LogP contribution in [0.5, 0.6) is 0 Å². The average Bonchev–Trinajstić information content (AvgIpc) is 2.94. The van der Waals surface area contributed by atoms with Crippen LogP contribution in [0.2, 0.25) is 5.02 Å². The molecule has 0 unspecified atom stereocenters. The monoisotopic (exact) mass is 408 g/mol. The molecule has 3 aromatic rings. The Morgan fingerprint density at radius 1 is 1.29 bits per heavy atom. The van der Waals surface area contributed by atoms with Crippen LogP contribution in [-0.4, -0.2) is 38.4 Å². The van der Waals surface area contributed by atoms with Crippen molar-refractivity contribution in [3.8, 4) is 0 Å². The number of rotatable bonds is 3. The Balaban J connectivity index is 2.02. The first kappa shape index (κ1) is 16.4.